The Morgan fingerprint density at radius 3 is 2.55 bits per heavy atom. The predicted octanol–water partition coefficient (Wildman–Crippen LogP) is 2.92. The second-order valence-electron chi connectivity index (χ2n) is 4.76. The van der Waals surface area contributed by atoms with Crippen LogP contribution >= 0.6 is 0 Å². The van der Waals surface area contributed by atoms with Crippen LogP contribution in [0.2, 0.25) is 0 Å². The topological polar surface area (TPSA) is 54.0 Å². The molecule has 104 valence electrons. The maximum atomic E-state index is 11.7. The van der Waals surface area contributed by atoms with Crippen molar-refractivity contribution in [3.63, 3.8) is 0 Å². The summed E-state index contributed by atoms with van der Waals surface area (Å²) >= 11 is 0. The molecule has 2 aromatic rings. The Hall–Kier alpha value is -2.36. The van der Waals surface area contributed by atoms with Gasteiger partial charge in [-0.15, -0.1) is 0 Å². The summed E-state index contributed by atoms with van der Waals surface area (Å²) in [6, 6.07) is 9.77. The second-order valence-corrected chi connectivity index (χ2v) is 4.76. The molecule has 1 atom stereocenters. The van der Waals surface area contributed by atoms with E-state index in [1.807, 2.05) is 37.3 Å². The zero-order valence-corrected chi connectivity index (χ0v) is 12.0. The number of carbonyl (C=O) groups excluding carboxylic acids is 1. The van der Waals surface area contributed by atoms with Crippen LogP contribution in [0.3, 0.4) is 0 Å². The lowest BCUT2D eigenvalue weighted by molar-refractivity contribution is 0.0963. The largest absolute Gasteiger partial charge is 0.378 e. The molecule has 4 nitrogen and oxygen atoms in total. The van der Waals surface area contributed by atoms with Gasteiger partial charge in [0.25, 0.3) is 5.91 Å². The number of amides is 1. The molecule has 1 aromatic carbocycles. The number of carbonyl (C=O) groups is 1. The molecule has 0 bridgehead atoms. The molecule has 0 aliphatic carbocycles. The Bertz CT molecular complexity index is 596. The van der Waals surface area contributed by atoms with Gasteiger partial charge in [0, 0.05) is 36.7 Å². The first-order valence-electron chi connectivity index (χ1n) is 6.61. The third-order valence-corrected chi connectivity index (χ3v) is 3.30. The number of rotatable bonds is 4. The molecular weight excluding hydrogens is 250 g/mol. The average Bonchev–Trinajstić information content (AvgIpc) is 2.49. The van der Waals surface area contributed by atoms with E-state index in [4.69, 9.17) is 0 Å². The van der Waals surface area contributed by atoms with Crippen LogP contribution in [0, 0.1) is 6.92 Å². The number of pyridine rings is 1. The van der Waals surface area contributed by atoms with Crippen LogP contribution in [-0.4, -0.2) is 17.9 Å². The number of hydrogen-bond acceptors (Lipinski definition) is 3. The van der Waals surface area contributed by atoms with Gasteiger partial charge in [-0.1, -0.05) is 6.07 Å². The molecule has 0 fully saturated rings. The number of aromatic nitrogens is 1. The first-order chi connectivity index (χ1) is 9.61. The highest BCUT2D eigenvalue weighted by molar-refractivity contribution is 5.95. The highest BCUT2D eigenvalue weighted by atomic mass is 16.1. The molecule has 2 N–H and O–H groups in total. The SMILES string of the molecule is CNC(=O)c1ccc(C)c(NC(C)c2ccncc2)c1. The number of anilines is 1. The van der Waals surface area contributed by atoms with Gasteiger partial charge in [-0.05, 0) is 49.2 Å². The van der Waals surface area contributed by atoms with Gasteiger partial charge in [-0.25, -0.2) is 0 Å². The Morgan fingerprint density at radius 1 is 1.20 bits per heavy atom. The fraction of sp³-hybridized carbons (Fsp3) is 0.250. The Morgan fingerprint density at radius 2 is 1.90 bits per heavy atom. The number of nitrogens with zero attached hydrogens (tertiary/aromatic N) is 1. The van der Waals surface area contributed by atoms with Crippen molar-refractivity contribution in [2.24, 2.45) is 0 Å². The lowest BCUT2D eigenvalue weighted by atomic mass is 10.1. The minimum Gasteiger partial charge on any atom is -0.378 e. The summed E-state index contributed by atoms with van der Waals surface area (Å²) in [6.07, 6.45) is 3.56. The zero-order chi connectivity index (χ0) is 14.5. The molecule has 0 saturated heterocycles. The average molecular weight is 269 g/mol. The van der Waals surface area contributed by atoms with E-state index >= 15 is 0 Å². The highest BCUT2D eigenvalue weighted by Crippen LogP contribution is 2.23. The van der Waals surface area contributed by atoms with E-state index < -0.39 is 0 Å². The molecule has 4 heteroatoms. The fourth-order valence-electron chi connectivity index (χ4n) is 2.03. The van der Waals surface area contributed by atoms with E-state index in [9.17, 15) is 4.79 Å². The Kier molecular flexibility index (Phi) is 4.35. The van der Waals surface area contributed by atoms with Crippen LogP contribution in [-0.2, 0) is 0 Å². The van der Waals surface area contributed by atoms with Crippen LogP contribution in [0.25, 0.3) is 0 Å². The molecule has 2 rings (SSSR count). The third kappa shape index (κ3) is 3.15. The summed E-state index contributed by atoms with van der Waals surface area (Å²) < 4.78 is 0. The lowest BCUT2D eigenvalue weighted by Crippen LogP contribution is -2.18. The summed E-state index contributed by atoms with van der Waals surface area (Å²) in [5.41, 5.74) is 3.89. The molecule has 0 radical (unpaired) electrons. The quantitative estimate of drug-likeness (QED) is 0.897. The van der Waals surface area contributed by atoms with Crippen molar-refractivity contribution >= 4 is 11.6 Å². The standard InChI is InChI=1S/C16H19N3O/c1-11-4-5-14(16(20)17-3)10-15(11)19-12(2)13-6-8-18-9-7-13/h4-10,12,19H,1-3H3,(H,17,20). The number of benzene rings is 1. The van der Waals surface area contributed by atoms with Crippen molar-refractivity contribution < 1.29 is 4.79 Å². The van der Waals surface area contributed by atoms with Gasteiger partial charge in [-0.3, -0.25) is 9.78 Å². The summed E-state index contributed by atoms with van der Waals surface area (Å²) in [4.78, 5) is 15.7. The first-order valence-corrected chi connectivity index (χ1v) is 6.61. The smallest absolute Gasteiger partial charge is 0.251 e. The van der Waals surface area contributed by atoms with Crippen LogP contribution in [0.1, 0.15) is 34.5 Å². The summed E-state index contributed by atoms with van der Waals surface area (Å²) in [7, 11) is 1.63. The van der Waals surface area contributed by atoms with E-state index in [0.717, 1.165) is 16.8 Å². The molecule has 0 saturated carbocycles. The van der Waals surface area contributed by atoms with E-state index in [1.165, 1.54) is 0 Å². The number of aryl methyl sites for hydroxylation is 1. The third-order valence-electron chi connectivity index (χ3n) is 3.30. The van der Waals surface area contributed by atoms with Gasteiger partial charge in [0.05, 0.1) is 0 Å². The Balaban J connectivity index is 2.22. The monoisotopic (exact) mass is 269 g/mol. The van der Waals surface area contributed by atoms with Gasteiger partial charge in [-0.2, -0.15) is 0 Å². The van der Waals surface area contributed by atoms with Gasteiger partial charge in [0.1, 0.15) is 0 Å². The number of hydrogen-bond donors (Lipinski definition) is 2. The summed E-state index contributed by atoms with van der Waals surface area (Å²) in [5, 5.41) is 6.08. The van der Waals surface area contributed by atoms with Crippen molar-refractivity contribution in [1.82, 2.24) is 10.3 Å². The van der Waals surface area contributed by atoms with E-state index in [1.54, 1.807) is 19.4 Å². The van der Waals surface area contributed by atoms with Crippen molar-refractivity contribution in [3.8, 4) is 0 Å². The van der Waals surface area contributed by atoms with Gasteiger partial charge < -0.3 is 10.6 Å². The van der Waals surface area contributed by atoms with Gasteiger partial charge >= 0.3 is 0 Å². The molecule has 20 heavy (non-hydrogen) atoms. The van der Waals surface area contributed by atoms with Crippen molar-refractivity contribution in [1.29, 1.82) is 0 Å². The number of nitrogens with one attached hydrogen (secondary N) is 2. The predicted molar refractivity (Wildman–Crippen MR) is 80.8 cm³/mol. The molecule has 0 aliphatic heterocycles. The molecule has 1 aromatic heterocycles. The van der Waals surface area contributed by atoms with Crippen LogP contribution in [0.15, 0.2) is 42.7 Å². The van der Waals surface area contributed by atoms with Crippen molar-refractivity contribution in [2.75, 3.05) is 12.4 Å². The van der Waals surface area contributed by atoms with Crippen LogP contribution in [0.5, 0.6) is 0 Å². The first kappa shape index (κ1) is 14.1. The zero-order valence-electron chi connectivity index (χ0n) is 12.0. The van der Waals surface area contributed by atoms with Gasteiger partial charge in [0.2, 0.25) is 0 Å². The van der Waals surface area contributed by atoms with Gasteiger partial charge in [0.15, 0.2) is 0 Å². The van der Waals surface area contributed by atoms with Crippen LogP contribution in [0.4, 0.5) is 5.69 Å². The van der Waals surface area contributed by atoms with E-state index in [2.05, 4.69) is 22.5 Å². The van der Waals surface area contributed by atoms with E-state index in [0.29, 0.717) is 5.56 Å². The molecular formula is C16H19N3O. The summed E-state index contributed by atoms with van der Waals surface area (Å²) in [6.45, 7) is 4.11. The second kappa shape index (κ2) is 6.19. The minimum absolute atomic E-state index is 0.0791. The fourth-order valence-corrected chi connectivity index (χ4v) is 2.03. The Labute approximate surface area is 119 Å². The highest BCUT2D eigenvalue weighted by Gasteiger charge is 2.09. The van der Waals surface area contributed by atoms with E-state index in [-0.39, 0.29) is 11.9 Å². The molecule has 1 unspecified atom stereocenters. The maximum Gasteiger partial charge on any atom is 0.251 e. The molecule has 0 spiro atoms. The summed E-state index contributed by atoms with van der Waals surface area (Å²) in [5.74, 6) is -0.0791. The van der Waals surface area contributed by atoms with Crippen molar-refractivity contribution in [2.45, 2.75) is 19.9 Å². The molecule has 1 amide bonds. The normalized spacial score (nSPS) is 11.8. The molecule has 1 heterocycles. The van der Waals surface area contributed by atoms with Crippen LogP contribution < -0.4 is 10.6 Å². The minimum atomic E-state index is -0.0791. The lowest BCUT2D eigenvalue weighted by Gasteiger charge is -2.18. The van der Waals surface area contributed by atoms with Crippen molar-refractivity contribution in [3.05, 3.63) is 59.4 Å². The maximum absolute atomic E-state index is 11.7. The molecule has 0 aliphatic rings.